The van der Waals surface area contributed by atoms with Crippen molar-refractivity contribution >= 4 is 5.91 Å². The largest absolute Gasteiger partial charge is 0.352 e. The molecule has 0 aliphatic rings. The minimum Gasteiger partial charge on any atom is -0.352 e. The predicted octanol–water partition coefficient (Wildman–Crippen LogP) is 2.68. The van der Waals surface area contributed by atoms with Crippen molar-refractivity contribution in [2.75, 3.05) is 6.54 Å². The maximum atomic E-state index is 11.3. The molecule has 0 aliphatic heterocycles. The Bertz CT molecular complexity index is 408. The summed E-state index contributed by atoms with van der Waals surface area (Å²) < 4.78 is 0. The van der Waals surface area contributed by atoms with Crippen molar-refractivity contribution in [3.8, 4) is 23.7 Å². The third-order valence-corrected chi connectivity index (χ3v) is 1.89. The molecule has 0 aromatic rings. The van der Waals surface area contributed by atoms with E-state index in [4.69, 9.17) is 0 Å². The Labute approximate surface area is 111 Å². The molecule has 0 heterocycles. The molecule has 0 unspecified atom stereocenters. The van der Waals surface area contributed by atoms with Crippen molar-refractivity contribution < 1.29 is 4.79 Å². The first-order valence-corrected chi connectivity index (χ1v) is 6.17. The maximum absolute atomic E-state index is 11.3. The van der Waals surface area contributed by atoms with Crippen LogP contribution in [0.3, 0.4) is 0 Å². The first-order valence-electron chi connectivity index (χ1n) is 6.17. The molecule has 0 saturated heterocycles. The van der Waals surface area contributed by atoms with Gasteiger partial charge in [0.1, 0.15) is 0 Å². The van der Waals surface area contributed by atoms with Crippen molar-refractivity contribution in [1.82, 2.24) is 5.32 Å². The molecule has 1 N–H and O–H groups in total. The van der Waals surface area contributed by atoms with Gasteiger partial charge in [0.05, 0.1) is 0 Å². The lowest BCUT2D eigenvalue weighted by Gasteiger charge is -2.03. The van der Waals surface area contributed by atoms with Crippen molar-refractivity contribution in [3.05, 3.63) is 24.3 Å². The Hall–Kier alpha value is -1.93. The van der Waals surface area contributed by atoms with E-state index >= 15 is 0 Å². The zero-order valence-electron chi connectivity index (χ0n) is 11.4. The van der Waals surface area contributed by atoms with E-state index in [2.05, 4.69) is 42.8 Å². The van der Waals surface area contributed by atoms with Crippen molar-refractivity contribution in [1.29, 1.82) is 0 Å². The van der Waals surface area contributed by atoms with E-state index in [0.29, 0.717) is 12.5 Å². The molecule has 0 aromatic heterocycles. The molecule has 0 aliphatic carbocycles. The third kappa shape index (κ3) is 12.1. The van der Waals surface area contributed by atoms with E-state index in [9.17, 15) is 4.79 Å². The van der Waals surface area contributed by atoms with Gasteiger partial charge in [0.25, 0.3) is 0 Å². The molecule has 0 fully saturated rings. The number of hydrogen-bond acceptors (Lipinski definition) is 1. The van der Waals surface area contributed by atoms with Crippen LogP contribution < -0.4 is 5.32 Å². The Morgan fingerprint density at radius 3 is 2.72 bits per heavy atom. The lowest BCUT2D eigenvalue weighted by Crippen LogP contribution is -2.25. The number of hydrogen-bond donors (Lipinski definition) is 1. The first kappa shape index (κ1) is 16.1. The lowest BCUT2D eigenvalue weighted by atomic mass is 10.2. The molecule has 2 heteroatoms. The number of amides is 1. The maximum Gasteiger partial charge on any atom is 0.243 e. The minimum absolute atomic E-state index is 0.0497. The standard InChI is InChI=1S/C16H21NO/c1-4-5-6-7-8-9-10-11-12-13-16(18)17-14-15(2)3/h10-13,15H,8-9,14H2,1-3H3,(H,17,18)/b11-10+,13-12+. The molecule has 0 rings (SSSR count). The van der Waals surface area contributed by atoms with E-state index in [1.165, 1.54) is 6.08 Å². The van der Waals surface area contributed by atoms with E-state index in [0.717, 1.165) is 12.8 Å². The van der Waals surface area contributed by atoms with Gasteiger partial charge < -0.3 is 5.32 Å². The van der Waals surface area contributed by atoms with Gasteiger partial charge in [-0.1, -0.05) is 43.9 Å². The molecular formula is C16H21NO. The average Bonchev–Trinajstić information content (AvgIpc) is 2.34. The summed E-state index contributed by atoms with van der Waals surface area (Å²) in [6, 6.07) is 0. The summed E-state index contributed by atoms with van der Waals surface area (Å²) in [5.41, 5.74) is 0. The fourth-order valence-corrected chi connectivity index (χ4v) is 1.01. The van der Waals surface area contributed by atoms with E-state index < -0.39 is 0 Å². The molecule has 0 bridgehead atoms. The Morgan fingerprint density at radius 2 is 2.06 bits per heavy atom. The number of nitrogens with one attached hydrogen (secondary N) is 1. The van der Waals surface area contributed by atoms with E-state index in [1.54, 1.807) is 13.0 Å². The fourth-order valence-electron chi connectivity index (χ4n) is 1.01. The van der Waals surface area contributed by atoms with Crippen LogP contribution in [-0.4, -0.2) is 12.5 Å². The third-order valence-electron chi connectivity index (χ3n) is 1.89. The van der Waals surface area contributed by atoms with Crippen LogP contribution in [0.4, 0.5) is 0 Å². The highest BCUT2D eigenvalue weighted by atomic mass is 16.1. The number of carbonyl (C=O) groups excluding carboxylic acids is 1. The van der Waals surface area contributed by atoms with Crippen LogP contribution in [0.1, 0.15) is 33.6 Å². The Morgan fingerprint density at radius 1 is 1.28 bits per heavy atom. The van der Waals surface area contributed by atoms with Crippen molar-refractivity contribution in [2.24, 2.45) is 5.92 Å². The van der Waals surface area contributed by atoms with Crippen LogP contribution in [0.5, 0.6) is 0 Å². The van der Waals surface area contributed by atoms with Crippen LogP contribution in [0.15, 0.2) is 24.3 Å². The zero-order valence-corrected chi connectivity index (χ0v) is 11.4. The normalized spacial score (nSPS) is 10.0. The van der Waals surface area contributed by atoms with Gasteiger partial charge in [0, 0.05) is 19.0 Å². The van der Waals surface area contributed by atoms with Crippen LogP contribution >= 0.6 is 0 Å². The number of unbranched alkanes of at least 4 members (excludes halogenated alkanes) is 1. The monoisotopic (exact) mass is 243 g/mol. The lowest BCUT2D eigenvalue weighted by molar-refractivity contribution is -0.116. The SMILES string of the molecule is CC#CC#CCC/C=C/C=C/C(=O)NCC(C)C. The predicted molar refractivity (Wildman–Crippen MR) is 76.6 cm³/mol. The first-order chi connectivity index (χ1) is 8.66. The van der Waals surface area contributed by atoms with Crippen molar-refractivity contribution in [3.63, 3.8) is 0 Å². The van der Waals surface area contributed by atoms with Gasteiger partial charge in [-0.25, -0.2) is 0 Å². The van der Waals surface area contributed by atoms with Crippen molar-refractivity contribution in [2.45, 2.75) is 33.6 Å². The molecule has 0 radical (unpaired) electrons. The Kier molecular flexibility index (Phi) is 10.3. The molecule has 18 heavy (non-hydrogen) atoms. The fraction of sp³-hybridized carbons (Fsp3) is 0.438. The summed E-state index contributed by atoms with van der Waals surface area (Å²) in [5.74, 6) is 11.5. The molecule has 0 spiro atoms. The van der Waals surface area contributed by atoms with Gasteiger partial charge in [-0.3, -0.25) is 4.79 Å². The van der Waals surface area contributed by atoms with Gasteiger partial charge in [-0.15, -0.1) is 0 Å². The van der Waals surface area contributed by atoms with Gasteiger partial charge in [0.15, 0.2) is 0 Å². The highest BCUT2D eigenvalue weighted by molar-refractivity contribution is 5.87. The molecule has 0 aromatic carbocycles. The van der Waals surface area contributed by atoms with Crippen LogP contribution in [0.2, 0.25) is 0 Å². The van der Waals surface area contributed by atoms with Gasteiger partial charge >= 0.3 is 0 Å². The topological polar surface area (TPSA) is 29.1 Å². The molecule has 0 saturated carbocycles. The quantitative estimate of drug-likeness (QED) is 0.330. The molecule has 96 valence electrons. The molecule has 0 atom stereocenters. The summed E-state index contributed by atoms with van der Waals surface area (Å²) >= 11 is 0. The average molecular weight is 243 g/mol. The second-order valence-corrected chi connectivity index (χ2v) is 4.14. The summed E-state index contributed by atoms with van der Waals surface area (Å²) in [4.78, 5) is 11.3. The summed E-state index contributed by atoms with van der Waals surface area (Å²) in [6.07, 6.45) is 8.79. The highest BCUT2D eigenvalue weighted by Crippen LogP contribution is 1.90. The van der Waals surface area contributed by atoms with Crippen LogP contribution in [0.25, 0.3) is 0 Å². The number of allylic oxidation sites excluding steroid dienone is 3. The second kappa shape index (κ2) is 11.6. The number of rotatable bonds is 6. The summed E-state index contributed by atoms with van der Waals surface area (Å²) in [7, 11) is 0. The number of carbonyl (C=O) groups is 1. The molecule has 2 nitrogen and oxygen atoms in total. The molecule has 1 amide bonds. The molecular weight excluding hydrogens is 222 g/mol. The second-order valence-electron chi connectivity index (χ2n) is 4.14. The zero-order chi connectivity index (χ0) is 13.6. The van der Waals surface area contributed by atoms with Crippen LogP contribution in [0, 0.1) is 29.6 Å². The van der Waals surface area contributed by atoms with Crippen LogP contribution in [-0.2, 0) is 4.79 Å². The van der Waals surface area contributed by atoms with Gasteiger partial charge in [0.2, 0.25) is 5.91 Å². The van der Waals surface area contributed by atoms with E-state index in [-0.39, 0.29) is 5.91 Å². The summed E-state index contributed by atoms with van der Waals surface area (Å²) in [6.45, 7) is 6.60. The smallest absolute Gasteiger partial charge is 0.243 e. The minimum atomic E-state index is -0.0497. The van der Waals surface area contributed by atoms with Gasteiger partial charge in [-0.05, 0) is 31.1 Å². The summed E-state index contributed by atoms with van der Waals surface area (Å²) in [5, 5.41) is 2.81. The highest BCUT2D eigenvalue weighted by Gasteiger charge is 1.95. The van der Waals surface area contributed by atoms with E-state index in [1.807, 2.05) is 12.2 Å². The Balaban J connectivity index is 3.71. The van der Waals surface area contributed by atoms with Gasteiger partial charge in [-0.2, -0.15) is 0 Å².